The van der Waals surface area contributed by atoms with E-state index in [0.29, 0.717) is 23.8 Å². The van der Waals surface area contributed by atoms with Gasteiger partial charge in [-0.3, -0.25) is 4.79 Å². The number of carbonyl (C=O) groups excluding carboxylic acids is 1. The van der Waals surface area contributed by atoms with Crippen molar-refractivity contribution in [2.24, 2.45) is 0 Å². The highest BCUT2D eigenvalue weighted by Gasteiger charge is 2.32. The Morgan fingerprint density at radius 3 is 2.55 bits per heavy atom. The predicted molar refractivity (Wildman–Crippen MR) is 96.4 cm³/mol. The van der Waals surface area contributed by atoms with Crippen LogP contribution in [0.25, 0.3) is 0 Å². The monoisotopic (exact) mass is 381 g/mol. The molecule has 22 heavy (non-hydrogen) atoms. The van der Waals surface area contributed by atoms with Gasteiger partial charge in [0.25, 0.3) is 5.91 Å². The number of halogens is 1. The molecule has 0 aromatic heterocycles. The highest BCUT2D eigenvalue weighted by molar-refractivity contribution is 9.10. The van der Waals surface area contributed by atoms with Gasteiger partial charge in [0, 0.05) is 23.3 Å². The van der Waals surface area contributed by atoms with Gasteiger partial charge >= 0.3 is 0 Å². The molecular weight excluding hydrogens is 362 g/mol. The third-order valence-corrected chi connectivity index (χ3v) is 4.71. The van der Waals surface area contributed by atoms with E-state index in [1.807, 2.05) is 49.9 Å². The van der Waals surface area contributed by atoms with Crippen molar-refractivity contribution >= 4 is 39.2 Å². The SMILES string of the molecule is CCN(CC)C(=O)C1=C(C)NC(=S)NC1c1ccccc1Br. The lowest BCUT2D eigenvalue weighted by molar-refractivity contribution is -0.127. The third-order valence-electron chi connectivity index (χ3n) is 3.77. The first kappa shape index (κ1) is 17.0. The van der Waals surface area contributed by atoms with Crippen molar-refractivity contribution in [3.63, 3.8) is 0 Å². The second-order valence-corrected chi connectivity index (χ2v) is 6.33. The number of carbonyl (C=O) groups is 1. The number of allylic oxidation sites excluding steroid dienone is 1. The van der Waals surface area contributed by atoms with Crippen LogP contribution in [0.15, 0.2) is 40.0 Å². The van der Waals surface area contributed by atoms with E-state index in [0.717, 1.165) is 15.7 Å². The van der Waals surface area contributed by atoms with Crippen LogP contribution in [0.3, 0.4) is 0 Å². The molecule has 2 N–H and O–H groups in total. The molecule has 0 saturated heterocycles. The maximum absolute atomic E-state index is 12.9. The van der Waals surface area contributed by atoms with Gasteiger partial charge in [0.15, 0.2) is 5.11 Å². The maximum Gasteiger partial charge on any atom is 0.253 e. The Hall–Kier alpha value is -1.40. The summed E-state index contributed by atoms with van der Waals surface area (Å²) in [7, 11) is 0. The molecule has 0 bridgehead atoms. The summed E-state index contributed by atoms with van der Waals surface area (Å²) in [5.74, 6) is 0.0331. The van der Waals surface area contributed by atoms with Crippen molar-refractivity contribution in [3.8, 4) is 0 Å². The van der Waals surface area contributed by atoms with Crippen molar-refractivity contribution < 1.29 is 4.79 Å². The fourth-order valence-electron chi connectivity index (χ4n) is 2.60. The van der Waals surface area contributed by atoms with Gasteiger partial charge in [-0.2, -0.15) is 0 Å². The molecular formula is C16H20BrN3OS. The van der Waals surface area contributed by atoms with E-state index >= 15 is 0 Å². The van der Waals surface area contributed by atoms with Crippen LogP contribution in [-0.4, -0.2) is 29.0 Å². The number of amides is 1. The molecule has 6 heteroatoms. The summed E-state index contributed by atoms with van der Waals surface area (Å²) in [5.41, 5.74) is 2.52. The number of nitrogens with one attached hydrogen (secondary N) is 2. The molecule has 0 aliphatic carbocycles. The Labute approximate surface area is 145 Å². The van der Waals surface area contributed by atoms with Crippen LogP contribution < -0.4 is 10.6 Å². The zero-order chi connectivity index (χ0) is 16.3. The van der Waals surface area contributed by atoms with Crippen molar-refractivity contribution in [2.45, 2.75) is 26.8 Å². The minimum atomic E-state index is -0.252. The normalized spacial score (nSPS) is 17.8. The van der Waals surface area contributed by atoms with Crippen LogP contribution in [0.4, 0.5) is 0 Å². The van der Waals surface area contributed by atoms with Gasteiger partial charge in [-0.25, -0.2) is 0 Å². The molecule has 0 saturated carbocycles. The van der Waals surface area contributed by atoms with E-state index in [9.17, 15) is 4.79 Å². The molecule has 0 radical (unpaired) electrons. The smallest absolute Gasteiger partial charge is 0.253 e. The van der Waals surface area contributed by atoms with Crippen molar-refractivity contribution in [1.29, 1.82) is 0 Å². The van der Waals surface area contributed by atoms with Crippen LogP contribution in [0.5, 0.6) is 0 Å². The van der Waals surface area contributed by atoms with E-state index in [1.54, 1.807) is 0 Å². The van der Waals surface area contributed by atoms with Crippen molar-refractivity contribution in [3.05, 3.63) is 45.6 Å². The molecule has 1 aromatic carbocycles. The number of likely N-dealkylation sites (N-methyl/N-ethyl adjacent to an activating group) is 1. The average Bonchev–Trinajstić information content (AvgIpc) is 2.48. The highest BCUT2D eigenvalue weighted by Crippen LogP contribution is 2.32. The Morgan fingerprint density at radius 1 is 1.32 bits per heavy atom. The summed E-state index contributed by atoms with van der Waals surface area (Å²) in [4.78, 5) is 14.7. The summed E-state index contributed by atoms with van der Waals surface area (Å²) in [6, 6.07) is 7.63. The maximum atomic E-state index is 12.9. The number of hydrogen-bond acceptors (Lipinski definition) is 2. The number of thiocarbonyl (C=S) groups is 1. The summed E-state index contributed by atoms with van der Waals surface area (Å²) < 4.78 is 0.954. The lowest BCUT2D eigenvalue weighted by Gasteiger charge is -2.33. The fraction of sp³-hybridized carbons (Fsp3) is 0.375. The van der Waals surface area contributed by atoms with Gasteiger partial charge in [-0.1, -0.05) is 34.1 Å². The predicted octanol–water partition coefficient (Wildman–Crippen LogP) is 3.11. The molecule has 0 fully saturated rings. The average molecular weight is 382 g/mol. The number of benzene rings is 1. The van der Waals surface area contributed by atoms with E-state index < -0.39 is 0 Å². The van der Waals surface area contributed by atoms with Gasteiger partial charge in [0.2, 0.25) is 0 Å². The number of hydrogen-bond donors (Lipinski definition) is 2. The zero-order valence-electron chi connectivity index (χ0n) is 12.9. The first-order chi connectivity index (χ1) is 10.5. The molecule has 1 aliphatic rings. The van der Waals surface area contributed by atoms with E-state index in [2.05, 4.69) is 26.6 Å². The molecule has 0 spiro atoms. The number of rotatable bonds is 4. The van der Waals surface area contributed by atoms with Gasteiger partial charge in [0.05, 0.1) is 11.6 Å². The topological polar surface area (TPSA) is 44.4 Å². The Balaban J connectivity index is 2.50. The molecule has 1 atom stereocenters. The van der Waals surface area contributed by atoms with Crippen LogP contribution in [0.1, 0.15) is 32.4 Å². The van der Waals surface area contributed by atoms with Gasteiger partial charge < -0.3 is 15.5 Å². The van der Waals surface area contributed by atoms with Crippen molar-refractivity contribution in [1.82, 2.24) is 15.5 Å². The molecule has 1 aliphatic heterocycles. The minimum absolute atomic E-state index is 0.0331. The zero-order valence-corrected chi connectivity index (χ0v) is 15.3. The van der Waals surface area contributed by atoms with E-state index in [4.69, 9.17) is 12.2 Å². The largest absolute Gasteiger partial charge is 0.351 e. The van der Waals surface area contributed by atoms with Crippen LogP contribution in [0, 0.1) is 0 Å². The summed E-state index contributed by atoms with van der Waals surface area (Å²) >= 11 is 8.84. The molecule has 1 amide bonds. The first-order valence-electron chi connectivity index (χ1n) is 7.31. The molecule has 1 aromatic rings. The molecule has 118 valence electrons. The summed E-state index contributed by atoms with van der Waals surface area (Å²) in [6.07, 6.45) is 0. The lowest BCUT2D eigenvalue weighted by Crippen LogP contribution is -2.47. The van der Waals surface area contributed by atoms with E-state index in [1.165, 1.54) is 0 Å². The molecule has 2 rings (SSSR count). The lowest BCUT2D eigenvalue weighted by atomic mass is 9.94. The van der Waals surface area contributed by atoms with Crippen LogP contribution >= 0.6 is 28.1 Å². The van der Waals surface area contributed by atoms with E-state index in [-0.39, 0.29) is 11.9 Å². The Kier molecular flexibility index (Phi) is 5.58. The van der Waals surface area contributed by atoms with Crippen LogP contribution in [-0.2, 0) is 4.79 Å². The highest BCUT2D eigenvalue weighted by atomic mass is 79.9. The Morgan fingerprint density at radius 2 is 1.95 bits per heavy atom. The second-order valence-electron chi connectivity index (χ2n) is 5.07. The molecule has 1 unspecified atom stereocenters. The van der Waals surface area contributed by atoms with Crippen LogP contribution in [0.2, 0.25) is 0 Å². The molecule has 1 heterocycles. The molecule has 4 nitrogen and oxygen atoms in total. The first-order valence-corrected chi connectivity index (χ1v) is 8.51. The number of nitrogens with zero attached hydrogens (tertiary/aromatic N) is 1. The van der Waals surface area contributed by atoms with Crippen molar-refractivity contribution in [2.75, 3.05) is 13.1 Å². The summed E-state index contributed by atoms with van der Waals surface area (Å²) in [5, 5.41) is 6.83. The van der Waals surface area contributed by atoms with Gasteiger partial charge in [-0.05, 0) is 44.6 Å². The Bertz CT molecular complexity index is 626. The fourth-order valence-corrected chi connectivity index (χ4v) is 3.39. The van der Waals surface area contributed by atoms with Gasteiger partial charge in [-0.15, -0.1) is 0 Å². The second kappa shape index (κ2) is 7.24. The van der Waals surface area contributed by atoms with Gasteiger partial charge in [0.1, 0.15) is 0 Å². The third kappa shape index (κ3) is 3.33. The minimum Gasteiger partial charge on any atom is -0.351 e. The quantitative estimate of drug-likeness (QED) is 0.786. The summed E-state index contributed by atoms with van der Waals surface area (Å²) in [6.45, 7) is 7.23. The standard InChI is InChI=1S/C16H20BrN3OS/c1-4-20(5-2)15(21)13-10(3)18-16(22)19-14(13)11-8-6-7-9-12(11)17/h6-9,14H,4-5H2,1-3H3,(H2,18,19,22).